The highest BCUT2D eigenvalue weighted by molar-refractivity contribution is 5.59. The Bertz CT molecular complexity index is 406. The van der Waals surface area contributed by atoms with Crippen LogP contribution in [0.4, 0.5) is 0 Å². The van der Waals surface area contributed by atoms with Crippen molar-refractivity contribution in [2.24, 2.45) is 0 Å². The zero-order valence-corrected chi connectivity index (χ0v) is 8.20. The average molecular weight is 182 g/mol. The molecule has 1 aliphatic carbocycles. The van der Waals surface area contributed by atoms with Gasteiger partial charge in [-0.15, -0.1) is 0 Å². The van der Waals surface area contributed by atoms with Crippen molar-refractivity contribution in [3.05, 3.63) is 46.6 Å². The summed E-state index contributed by atoms with van der Waals surface area (Å²) in [6.45, 7) is 3.80. The zero-order valence-electron chi connectivity index (χ0n) is 8.20. The lowest BCUT2D eigenvalue weighted by atomic mass is 9.96. The number of nitriles is 2. The van der Waals surface area contributed by atoms with Gasteiger partial charge in [-0.3, -0.25) is 0 Å². The molecule has 0 N–H and O–H groups in total. The van der Waals surface area contributed by atoms with Crippen molar-refractivity contribution in [1.82, 2.24) is 0 Å². The SMILES string of the molecule is CC1=CC=CC=C(C)C1=C(C#N)C#N. The normalized spacial score (nSPS) is 14.7. The predicted octanol–water partition coefficient (Wildman–Crippen LogP) is 2.79. The highest BCUT2D eigenvalue weighted by atomic mass is 14.3. The third-order valence-corrected chi connectivity index (χ3v) is 2.07. The summed E-state index contributed by atoms with van der Waals surface area (Å²) in [6, 6.07) is 3.84. The van der Waals surface area contributed by atoms with E-state index >= 15 is 0 Å². The third kappa shape index (κ3) is 1.81. The van der Waals surface area contributed by atoms with Gasteiger partial charge in [0.2, 0.25) is 0 Å². The largest absolute Gasteiger partial charge is 0.192 e. The number of hydrogen-bond donors (Lipinski definition) is 0. The lowest BCUT2D eigenvalue weighted by molar-refractivity contribution is 1.29. The Morgan fingerprint density at radius 2 is 1.43 bits per heavy atom. The summed E-state index contributed by atoms with van der Waals surface area (Å²) in [7, 11) is 0. The number of hydrogen-bond acceptors (Lipinski definition) is 2. The molecule has 0 saturated carbocycles. The van der Waals surface area contributed by atoms with E-state index in [2.05, 4.69) is 0 Å². The van der Waals surface area contributed by atoms with Crippen LogP contribution in [0.2, 0.25) is 0 Å². The van der Waals surface area contributed by atoms with Gasteiger partial charge in [0, 0.05) is 5.57 Å². The maximum absolute atomic E-state index is 8.80. The Hall–Kier alpha value is -2.06. The van der Waals surface area contributed by atoms with Gasteiger partial charge in [-0.1, -0.05) is 24.3 Å². The molecule has 0 heterocycles. The molecule has 0 amide bonds. The first-order chi connectivity index (χ1) is 6.70. The van der Waals surface area contributed by atoms with E-state index in [4.69, 9.17) is 10.5 Å². The van der Waals surface area contributed by atoms with Crippen LogP contribution in [0.25, 0.3) is 0 Å². The number of rotatable bonds is 0. The second-order valence-corrected chi connectivity index (χ2v) is 3.06. The minimum Gasteiger partial charge on any atom is -0.192 e. The van der Waals surface area contributed by atoms with E-state index in [0.29, 0.717) is 0 Å². The molecule has 0 spiro atoms. The van der Waals surface area contributed by atoms with Crippen LogP contribution in [0, 0.1) is 22.7 Å². The van der Waals surface area contributed by atoms with Crippen molar-refractivity contribution in [2.75, 3.05) is 0 Å². The smallest absolute Gasteiger partial charge is 0.137 e. The van der Waals surface area contributed by atoms with E-state index in [0.717, 1.165) is 16.7 Å². The second-order valence-electron chi connectivity index (χ2n) is 3.06. The van der Waals surface area contributed by atoms with Crippen molar-refractivity contribution >= 4 is 0 Å². The van der Waals surface area contributed by atoms with Crippen molar-refractivity contribution < 1.29 is 0 Å². The molecular weight excluding hydrogens is 172 g/mol. The zero-order chi connectivity index (χ0) is 10.6. The fraction of sp³-hybridized carbons (Fsp3) is 0.167. The second kappa shape index (κ2) is 4.25. The van der Waals surface area contributed by atoms with Gasteiger partial charge < -0.3 is 0 Å². The molecule has 0 unspecified atom stereocenters. The molecule has 68 valence electrons. The molecule has 0 fully saturated rings. The monoisotopic (exact) mass is 182 g/mol. The molecule has 0 atom stereocenters. The van der Waals surface area contributed by atoms with Gasteiger partial charge in [0.1, 0.15) is 17.7 Å². The third-order valence-electron chi connectivity index (χ3n) is 2.07. The molecule has 0 aromatic carbocycles. The quantitative estimate of drug-likeness (QED) is 0.541. The van der Waals surface area contributed by atoms with Crippen molar-refractivity contribution in [1.29, 1.82) is 10.5 Å². The first kappa shape index (κ1) is 10.0. The molecule has 0 aromatic heterocycles. The van der Waals surface area contributed by atoms with Crippen LogP contribution in [0.15, 0.2) is 46.6 Å². The van der Waals surface area contributed by atoms with Crippen molar-refractivity contribution in [3.8, 4) is 12.1 Å². The molecule has 2 nitrogen and oxygen atoms in total. The first-order valence-electron chi connectivity index (χ1n) is 4.27. The average Bonchev–Trinajstić information content (AvgIpc) is 2.33. The lowest BCUT2D eigenvalue weighted by Crippen LogP contribution is -1.92. The minimum absolute atomic E-state index is 0.177. The molecule has 0 radical (unpaired) electrons. The van der Waals surface area contributed by atoms with Crippen LogP contribution < -0.4 is 0 Å². The van der Waals surface area contributed by atoms with E-state index in [9.17, 15) is 0 Å². The fourth-order valence-corrected chi connectivity index (χ4v) is 1.41. The predicted molar refractivity (Wildman–Crippen MR) is 54.9 cm³/mol. The van der Waals surface area contributed by atoms with Gasteiger partial charge >= 0.3 is 0 Å². The molecular formula is C12H10N2. The highest BCUT2D eigenvalue weighted by Crippen LogP contribution is 2.24. The van der Waals surface area contributed by atoms with Gasteiger partial charge in [0.15, 0.2) is 0 Å². The molecule has 0 saturated heterocycles. The maximum atomic E-state index is 8.80. The Morgan fingerprint density at radius 1 is 1.00 bits per heavy atom. The highest BCUT2D eigenvalue weighted by Gasteiger charge is 2.10. The lowest BCUT2D eigenvalue weighted by Gasteiger charge is -2.06. The van der Waals surface area contributed by atoms with E-state index in [-0.39, 0.29) is 5.57 Å². The van der Waals surface area contributed by atoms with Gasteiger partial charge in [-0.05, 0) is 25.0 Å². The number of nitrogens with zero attached hydrogens (tertiary/aromatic N) is 2. The van der Waals surface area contributed by atoms with Crippen molar-refractivity contribution in [3.63, 3.8) is 0 Å². The summed E-state index contributed by atoms with van der Waals surface area (Å²) >= 11 is 0. The van der Waals surface area contributed by atoms with Gasteiger partial charge in [0.05, 0.1) is 0 Å². The van der Waals surface area contributed by atoms with E-state index in [1.165, 1.54) is 0 Å². The van der Waals surface area contributed by atoms with E-state index in [1.807, 2.05) is 50.3 Å². The van der Waals surface area contributed by atoms with Crippen LogP contribution in [-0.4, -0.2) is 0 Å². The van der Waals surface area contributed by atoms with Crippen LogP contribution in [0.1, 0.15) is 13.8 Å². The minimum atomic E-state index is 0.177. The van der Waals surface area contributed by atoms with Crippen LogP contribution in [-0.2, 0) is 0 Å². The molecule has 1 rings (SSSR count). The molecule has 2 heteroatoms. The van der Waals surface area contributed by atoms with Crippen LogP contribution in [0.3, 0.4) is 0 Å². The summed E-state index contributed by atoms with van der Waals surface area (Å²) in [6.07, 6.45) is 7.60. The van der Waals surface area contributed by atoms with E-state index < -0.39 is 0 Å². The topological polar surface area (TPSA) is 47.6 Å². The molecule has 0 aromatic rings. The Kier molecular flexibility index (Phi) is 3.05. The van der Waals surface area contributed by atoms with Crippen LogP contribution in [0.5, 0.6) is 0 Å². The fourth-order valence-electron chi connectivity index (χ4n) is 1.41. The Labute approximate surface area is 83.8 Å². The Morgan fingerprint density at radius 3 is 1.79 bits per heavy atom. The summed E-state index contributed by atoms with van der Waals surface area (Å²) in [4.78, 5) is 0. The maximum Gasteiger partial charge on any atom is 0.137 e. The standard InChI is InChI=1S/C12H10N2/c1-9-5-3-4-6-10(2)12(9)11(7-13)8-14/h3-6H,1-2H3. The number of allylic oxidation sites excluding steroid dienone is 8. The van der Waals surface area contributed by atoms with Crippen molar-refractivity contribution in [2.45, 2.75) is 13.8 Å². The summed E-state index contributed by atoms with van der Waals surface area (Å²) in [5.41, 5.74) is 2.83. The van der Waals surface area contributed by atoms with Gasteiger partial charge in [0.25, 0.3) is 0 Å². The summed E-state index contributed by atoms with van der Waals surface area (Å²) in [5, 5.41) is 17.6. The van der Waals surface area contributed by atoms with Gasteiger partial charge in [-0.25, -0.2) is 0 Å². The summed E-state index contributed by atoms with van der Waals surface area (Å²) in [5.74, 6) is 0. The Balaban J connectivity index is 3.43. The van der Waals surface area contributed by atoms with Gasteiger partial charge in [-0.2, -0.15) is 10.5 Å². The summed E-state index contributed by atoms with van der Waals surface area (Å²) < 4.78 is 0. The van der Waals surface area contributed by atoms with Crippen LogP contribution >= 0.6 is 0 Å². The molecule has 1 aliphatic rings. The first-order valence-corrected chi connectivity index (χ1v) is 4.27. The molecule has 14 heavy (non-hydrogen) atoms. The van der Waals surface area contributed by atoms with E-state index in [1.54, 1.807) is 0 Å². The molecule has 0 aliphatic heterocycles. The molecule has 0 bridgehead atoms.